The number of aliphatic hydroxyl groups is 1. The Labute approximate surface area is 112 Å². The molecule has 4 nitrogen and oxygen atoms in total. The highest BCUT2D eigenvalue weighted by Gasteiger charge is 2.07. The number of nitrogens with two attached hydrogens (primary N) is 1. The largest absolute Gasteiger partial charge is 0.496 e. The Morgan fingerprint density at radius 1 is 1.56 bits per heavy atom. The first-order valence-corrected chi connectivity index (χ1v) is 6.93. The van der Waals surface area contributed by atoms with E-state index in [-0.39, 0.29) is 12.4 Å². The summed E-state index contributed by atoms with van der Waals surface area (Å²) in [7, 11) is 1.57. The minimum absolute atomic E-state index is 0.0161. The van der Waals surface area contributed by atoms with Crippen LogP contribution in [-0.4, -0.2) is 30.4 Å². The van der Waals surface area contributed by atoms with E-state index in [2.05, 4.69) is 0 Å². The molecule has 0 aliphatic carbocycles. The molecule has 0 saturated heterocycles. The number of thioether (sulfide) groups is 1. The van der Waals surface area contributed by atoms with Gasteiger partial charge < -0.3 is 15.6 Å². The highest BCUT2D eigenvalue weighted by atomic mass is 32.2. The lowest BCUT2D eigenvalue weighted by Gasteiger charge is -2.10. The number of rotatable bonds is 7. The maximum Gasteiger partial charge on any atom is 0.129 e. The molecule has 0 heterocycles. The summed E-state index contributed by atoms with van der Waals surface area (Å²) in [6.07, 6.45) is 0. The molecule has 1 unspecified atom stereocenters. The SMILES string of the molecule is COc1ccc(CSCC(C)CO)cc1C(=N)N. The van der Waals surface area contributed by atoms with Gasteiger partial charge in [0.15, 0.2) is 0 Å². The molecule has 0 amide bonds. The van der Waals surface area contributed by atoms with Crippen LogP contribution < -0.4 is 10.5 Å². The van der Waals surface area contributed by atoms with Crippen LogP contribution in [0.1, 0.15) is 18.1 Å². The zero-order valence-corrected chi connectivity index (χ0v) is 11.6. The lowest BCUT2D eigenvalue weighted by atomic mass is 10.1. The van der Waals surface area contributed by atoms with Crippen LogP contribution in [0, 0.1) is 11.3 Å². The number of hydrogen-bond donors (Lipinski definition) is 3. The molecular formula is C13H20N2O2S. The number of ether oxygens (including phenoxy) is 1. The van der Waals surface area contributed by atoms with Gasteiger partial charge >= 0.3 is 0 Å². The van der Waals surface area contributed by atoms with Crippen LogP contribution in [0.25, 0.3) is 0 Å². The fourth-order valence-corrected chi connectivity index (χ4v) is 2.53. The van der Waals surface area contributed by atoms with Crippen molar-refractivity contribution in [1.29, 1.82) is 5.41 Å². The number of hydrogen-bond acceptors (Lipinski definition) is 4. The first-order chi connectivity index (χ1) is 8.58. The van der Waals surface area contributed by atoms with Crippen molar-refractivity contribution in [2.45, 2.75) is 12.7 Å². The number of nitrogens with one attached hydrogen (secondary N) is 1. The maximum absolute atomic E-state index is 8.94. The van der Waals surface area contributed by atoms with E-state index in [0.717, 1.165) is 17.1 Å². The molecule has 100 valence electrons. The standard InChI is InChI=1S/C13H20N2O2S/c1-9(6-16)7-18-8-10-3-4-12(17-2)11(5-10)13(14)15/h3-5,9,16H,6-8H2,1-2H3,(H3,14,15). The summed E-state index contributed by atoms with van der Waals surface area (Å²) < 4.78 is 5.16. The smallest absolute Gasteiger partial charge is 0.129 e. The molecule has 0 aromatic heterocycles. The lowest BCUT2D eigenvalue weighted by Crippen LogP contribution is -2.13. The zero-order valence-electron chi connectivity index (χ0n) is 10.8. The summed E-state index contributed by atoms with van der Waals surface area (Å²) >= 11 is 1.76. The van der Waals surface area contributed by atoms with Gasteiger partial charge in [-0.1, -0.05) is 13.0 Å². The lowest BCUT2D eigenvalue weighted by molar-refractivity contribution is 0.250. The van der Waals surface area contributed by atoms with Crippen molar-refractivity contribution in [3.8, 4) is 5.75 Å². The van der Waals surface area contributed by atoms with E-state index in [4.69, 9.17) is 21.0 Å². The van der Waals surface area contributed by atoms with Crippen LogP contribution in [0.3, 0.4) is 0 Å². The summed E-state index contributed by atoms with van der Waals surface area (Å²) in [5, 5.41) is 16.5. The number of nitrogen functional groups attached to an aromatic ring is 1. The first-order valence-electron chi connectivity index (χ1n) is 5.78. The molecule has 1 aromatic carbocycles. The summed E-state index contributed by atoms with van der Waals surface area (Å²) in [6.45, 7) is 2.23. The molecule has 0 bridgehead atoms. The van der Waals surface area contributed by atoms with Crippen molar-refractivity contribution >= 4 is 17.6 Å². The Kier molecular flexibility index (Phi) is 6.01. The second kappa shape index (κ2) is 7.28. The molecule has 0 spiro atoms. The second-order valence-electron chi connectivity index (χ2n) is 4.25. The third-order valence-electron chi connectivity index (χ3n) is 2.54. The van der Waals surface area contributed by atoms with Crippen molar-refractivity contribution in [3.05, 3.63) is 29.3 Å². The molecule has 0 aliphatic heterocycles. The van der Waals surface area contributed by atoms with E-state index >= 15 is 0 Å². The first kappa shape index (κ1) is 14.9. The number of amidine groups is 1. The Morgan fingerprint density at radius 2 is 2.28 bits per heavy atom. The minimum Gasteiger partial charge on any atom is -0.496 e. The molecule has 0 fully saturated rings. The predicted molar refractivity (Wildman–Crippen MR) is 76.4 cm³/mol. The highest BCUT2D eigenvalue weighted by Crippen LogP contribution is 2.22. The Balaban J connectivity index is 2.67. The quantitative estimate of drug-likeness (QED) is 0.521. The van der Waals surface area contributed by atoms with Gasteiger partial charge in [0.1, 0.15) is 11.6 Å². The van der Waals surface area contributed by atoms with Gasteiger partial charge in [0.2, 0.25) is 0 Å². The van der Waals surface area contributed by atoms with Crippen LogP contribution in [0.15, 0.2) is 18.2 Å². The third-order valence-corrected chi connectivity index (χ3v) is 3.88. The summed E-state index contributed by atoms with van der Waals surface area (Å²) in [4.78, 5) is 0. The molecule has 5 heteroatoms. The van der Waals surface area contributed by atoms with Gasteiger partial charge in [0, 0.05) is 12.4 Å². The Bertz CT molecular complexity index is 410. The van der Waals surface area contributed by atoms with Crippen LogP contribution >= 0.6 is 11.8 Å². The van der Waals surface area contributed by atoms with Gasteiger partial charge in [-0.05, 0) is 29.4 Å². The highest BCUT2D eigenvalue weighted by molar-refractivity contribution is 7.98. The average molecular weight is 268 g/mol. The monoisotopic (exact) mass is 268 g/mol. The molecule has 0 saturated carbocycles. The predicted octanol–water partition coefficient (Wildman–Crippen LogP) is 1.84. The normalized spacial score (nSPS) is 12.2. The van der Waals surface area contributed by atoms with E-state index in [1.54, 1.807) is 18.9 Å². The average Bonchev–Trinajstić information content (AvgIpc) is 2.38. The second-order valence-corrected chi connectivity index (χ2v) is 5.28. The van der Waals surface area contributed by atoms with Crippen molar-refractivity contribution < 1.29 is 9.84 Å². The molecule has 18 heavy (non-hydrogen) atoms. The third kappa shape index (κ3) is 4.23. The molecule has 1 rings (SSSR count). The Hall–Kier alpha value is -1.20. The van der Waals surface area contributed by atoms with Crippen molar-refractivity contribution in [3.63, 3.8) is 0 Å². The van der Waals surface area contributed by atoms with Gasteiger partial charge in [0.25, 0.3) is 0 Å². The van der Waals surface area contributed by atoms with Gasteiger partial charge in [-0.15, -0.1) is 0 Å². The zero-order chi connectivity index (χ0) is 13.5. The number of benzene rings is 1. The van der Waals surface area contributed by atoms with Gasteiger partial charge in [-0.3, -0.25) is 5.41 Å². The van der Waals surface area contributed by atoms with E-state index in [9.17, 15) is 0 Å². The van der Waals surface area contributed by atoms with Gasteiger partial charge in [-0.2, -0.15) is 11.8 Å². The summed E-state index contributed by atoms with van der Waals surface area (Å²) in [5.74, 6) is 2.70. The summed E-state index contributed by atoms with van der Waals surface area (Å²) in [6, 6.07) is 5.70. The van der Waals surface area contributed by atoms with Crippen molar-refractivity contribution in [2.75, 3.05) is 19.5 Å². The van der Waals surface area contributed by atoms with Crippen LogP contribution in [-0.2, 0) is 5.75 Å². The van der Waals surface area contributed by atoms with E-state index in [1.165, 1.54) is 0 Å². The maximum atomic E-state index is 8.94. The summed E-state index contributed by atoms with van der Waals surface area (Å²) in [5.41, 5.74) is 7.26. The van der Waals surface area contributed by atoms with E-state index < -0.39 is 0 Å². The molecule has 0 radical (unpaired) electrons. The molecule has 0 aliphatic rings. The van der Waals surface area contributed by atoms with Crippen LogP contribution in [0.4, 0.5) is 0 Å². The molecule has 1 atom stereocenters. The number of aliphatic hydroxyl groups excluding tert-OH is 1. The molecular weight excluding hydrogens is 248 g/mol. The van der Waals surface area contributed by atoms with Crippen LogP contribution in [0.5, 0.6) is 5.75 Å². The van der Waals surface area contributed by atoms with Crippen LogP contribution in [0.2, 0.25) is 0 Å². The van der Waals surface area contributed by atoms with E-state index in [0.29, 0.717) is 17.2 Å². The van der Waals surface area contributed by atoms with Gasteiger partial charge in [-0.25, -0.2) is 0 Å². The fraction of sp³-hybridized carbons (Fsp3) is 0.462. The number of methoxy groups -OCH3 is 1. The minimum atomic E-state index is 0.0161. The fourth-order valence-electron chi connectivity index (χ4n) is 1.49. The molecule has 4 N–H and O–H groups in total. The Morgan fingerprint density at radius 3 is 2.83 bits per heavy atom. The van der Waals surface area contributed by atoms with Crippen molar-refractivity contribution in [1.82, 2.24) is 0 Å². The van der Waals surface area contributed by atoms with Crippen molar-refractivity contribution in [2.24, 2.45) is 11.7 Å². The van der Waals surface area contributed by atoms with E-state index in [1.807, 2.05) is 25.1 Å². The topological polar surface area (TPSA) is 79.3 Å². The van der Waals surface area contributed by atoms with Gasteiger partial charge in [0.05, 0.1) is 12.7 Å². The molecule has 1 aromatic rings.